The number of anilines is 1. The normalized spacial score (nSPS) is 12.5. The van der Waals surface area contributed by atoms with Gasteiger partial charge in [0.25, 0.3) is 10.2 Å². The van der Waals surface area contributed by atoms with Crippen LogP contribution in [0.5, 0.6) is 0 Å². The number of aryl methyl sites for hydroxylation is 1. The first-order valence-electron chi connectivity index (χ1n) is 4.56. The zero-order valence-corrected chi connectivity index (χ0v) is 11.4. The minimum absolute atomic E-state index is 0.105. The Morgan fingerprint density at radius 2 is 2.00 bits per heavy atom. The van der Waals surface area contributed by atoms with Gasteiger partial charge in [0.15, 0.2) is 0 Å². The Morgan fingerprint density at radius 1 is 1.39 bits per heavy atom. The maximum Gasteiger partial charge on any atom is 0.402 e. The lowest BCUT2D eigenvalue weighted by molar-refractivity contribution is -0.121. The van der Waals surface area contributed by atoms with Gasteiger partial charge in [-0.2, -0.15) is 26.3 Å². The number of alkyl halides is 3. The molecule has 0 aliphatic rings. The fraction of sp³-hybridized carbons (Fsp3) is 0.375. The third-order valence-corrected chi connectivity index (χ3v) is 3.21. The van der Waals surface area contributed by atoms with Gasteiger partial charge in [-0.15, -0.1) is 0 Å². The molecular formula is C8H9BrF3N3O2S. The Hall–Kier alpha value is -0.870. The third kappa shape index (κ3) is 5.19. The molecule has 0 saturated carbocycles. The monoisotopic (exact) mass is 347 g/mol. The van der Waals surface area contributed by atoms with Gasteiger partial charge in [0.1, 0.15) is 11.1 Å². The highest BCUT2D eigenvalue weighted by molar-refractivity contribution is 9.10. The lowest BCUT2D eigenvalue weighted by atomic mass is 10.3. The van der Waals surface area contributed by atoms with E-state index in [0.717, 1.165) is 0 Å². The second-order valence-electron chi connectivity index (χ2n) is 3.31. The van der Waals surface area contributed by atoms with Crippen LogP contribution in [0, 0.1) is 6.92 Å². The first-order valence-corrected chi connectivity index (χ1v) is 6.84. The SMILES string of the molecule is Cc1nc(Br)ccc1NS(=O)(=O)NCC(F)(F)F. The lowest BCUT2D eigenvalue weighted by Crippen LogP contribution is -2.37. The van der Waals surface area contributed by atoms with Crippen LogP contribution in [0.3, 0.4) is 0 Å². The van der Waals surface area contributed by atoms with E-state index in [1.165, 1.54) is 23.8 Å². The molecule has 0 amide bonds. The number of rotatable bonds is 4. The maximum atomic E-state index is 11.9. The molecule has 0 radical (unpaired) electrons. The van der Waals surface area contributed by atoms with Crippen LogP contribution in [-0.2, 0) is 10.2 Å². The van der Waals surface area contributed by atoms with Gasteiger partial charge in [-0.3, -0.25) is 4.72 Å². The fourth-order valence-corrected chi connectivity index (χ4v) is 2.33. The van der Waals surface area contributed by atoms with Crippen molar-refractivity contribution in [3.8, 4) is 0 Å². The molecule has 0 aliphatic heterocycles. The minimum Gasteiger partial charge on any atom is -0.269 e. The Bertz CT molecular complexity index is 533. The summed E-state index contributed by atoms with van der Waals surface area (Å²) in [5.41, 5.74) is 0.439. The number of pyridine rings is 1. The quantitative estimate of drug-likeness (QED) is 0.818. The molecule has 0 spiro atoms. The molecule has 0 aliphatic carbocycles. The van der Waals surface area contributed by atoms with E-state index in [9.17, 15) is 21.6 Å². The van der Waals surface area contributed by atoms with Crippen molar-refractivity contribution in [1.82, 2.24) is 9.71 Å². The molecule has 1 aromatic heterocycles. The van der Waals surface area contributed by atoms with E-state index in [1.807, 2.05) is 4.72 Å². The van der Waals surface area contributed by atoms with E-state index < -0.39 is 22.9 Å². The first-order chi connectivity index (χ1) is 8.09. The van der Waals surface area contributed by atoms with Crippen molar-refractivity contribution in [2.75, 3.05) is 11.3 Å². The van der Waals surface area contributed by atoms with Crippen LogP contribution in [0.25, 0.3) is 0 Å². The van der Waals surface area contributed by atoms with Crippen LogP contribution < -0.4 is 9.44 Å². The highest BCUT2D eigenvalue weighted by Gasteiger charge is 2.29. The number of halogens is 4. The number of hydrogen-bond acceptors (Lipinski definition) is 3. The molecule has 102 valence electrons. The zero-order valence-electron chi connectivity index (χ0n) is 9.05. The first kappa shape index (κ1) is 15.2. The molecule has 10 heteroatoms. The molecule has 0 fully saturated rings. The molecule has 1 rings (SSSR count). The summed E-state index contributed by atoms with van der Waals surface area (Å²) in [6, 6.07) is 2.86. The van der Waals surface area contributed by atoms with Crippen molar-refractivity contribution in [3.05, 3.63) is 22.4 Å². The average Bonchev–Trinajstić information content (AvgIpc) is 2.19. The molecule has 18 heavy (non-hydrogen) atoms. The van der Waals surface area contributed by atoms with Crippen molar-refractivity contribution < 1.29 is 21.6 Å². The fourth-order valence-electron chi connectivity index (χ4n) is 0.996. The predicted molar refractivity (Wildman–Crippen MR) is 63.3 cm³/mol. The highest BCUT2D eigenvalue weighted by Crippen LogP contribution is 2.17. The second kappa shape index (κ2) is 5.41. The van der Waals surface area contributed by atoms with Gasteiger partial charge in [0, 0.05) is 0 Å². The molecule has 1 heterocycles. The van der Waals surface area contributed by atoms with E-state index in [1.54, 1.807) is 0 Å². The van der Waals surface area contributed by atoms with Crippen molar-refractivity contribution in [2.24, 2.45) is 0 Å². The van der Waals surface area contributed by atoms with E-state index in [4.69, 9.17) is 0 Å². The van der Waals surface area contributed by atoms with Crippen LogP contribution in [0.15, 0.2) is 16.7 Å². The van der Waals surface area contributed by atoms with E-state index in [-0.39, 0.29) is 5.69 Å². The van der Waals surface area contributed by atoms with Crippen molar-refractivity contribution in [2.45, 2.75) is 13.1 Å². The minimum atomic E-state index is -4.61. The molecule has 0 unspecified atom stereocenters. The van der Waals surface area contributed by atoms with Gasteiger partial charge in [0.05, 0.1) is 11.4 Å². The summed E-state index contributed by atoms with van der Waals surface area (Å²) < 4.78 is 62.1. The highest BCUT2D eigenvalue weighted by atomic mass is 79.9. The Labute approximate surface area is 110 Å². The van der Waals surface area contributed by atoms with Gasteiger partial charge >= 0.3 is 6.18 Å². The van der Waals surface area contributed by atoms with Crippen molar-refractivity contribution in [3.63, 3.8) is 0 Å². The van der Waals surface area contributed by atoms with E-state index in [0.29, 0.717) is 10.3 Å². The molecule has 0 aromatic carbocycles. The summed E-state index contributed by atoms with van der Waals surface area (Å²) in [6.45, 7) is -0.113. The average molecular weight is 348 g/mol. The lowest BCUT2D eigenvalue weighted by Gasteiger charge is -2.12. The summed E-state index contributed by atoms with van der Waals surface area (Å²) in [7, 11) is -4.28. The maximum absolute atomic E-state index is 11.9. The van der Waals surface area contributed by atoms with E-state index >= 15 is 0 Å². The summed E-state index contributed by atoms with van der Waals surface area (Å²) >= 11 is 3.08. The summed E-state index contributed by atoms with van der Waals surface area (Å²) in [5.74, 6) is 0. The van der Waals surface area contributed by atoms with E-state index in [2.05, 4.69) is 20.9 Å². The number of nitrogens with one attached hydrogen (secondary N) is 2. The topological polar surface area (TPSA) is 71.1 Å². The molecule has 0 atom stereocenters. The molecule has 0 saturated heterocycles. The van der Waals surface area contributed by atoms with Gasteiger partial charge < -0.3 is 0 Å². The van der Waals surface area contributed by atoms with Gasteiger partial charge in [-0.25, -0.2) is 4.98 Å². The Kier molecular flexibility index (Phi) is 4.56. The number of nitrogens with zero attached hydrogens (tertiary/aromatic N) is 1. The standard InChI is InChI=1S/C8H9BrF3N3O2S/c1-5-6(2-3-7(9)14-5)15-18(16,17)13-4-8(10,11)12/h2-3,13,15H,4H2,1H3. The van der Waals surface area contributed by atoms with Gasteiger partial charge in [-0.1, -0.05) is 0 Å². The molecule has 2 N–H and O–H groups in total. The smallest absolute Gasteiger partial charge is 0.269 e. The molecular weight excluding hydrogens is 339 g/mol. The van der Waals surface area contributed by atoms with Crippen LogP contribution in [0.1, 0.15) is 5.69 Å². The second-order valence-corrected chi connectivity index (χ2v) is 5.62. The third-order valence-electron chi connectivity index (χ3n) is 1.76. The van der Waals surface area contributed by atoms with Gasteiger partial charge in [0.2, 0.25) is 0 Å². The number of hydrogen-bond donors (Lipinski definition) is 2. The largest absolute Gasteiger partial charge is 0.402 e. The Balaban J connectivity index is 2.77. The predicted octanol–water partition coefficient (Wildman–Crippen LogP) is 1.96. The number of aromatic nitrogens is 1. The molecule has 1 aromatic rings. The van der Waals surface area contributed by atoms with Crippen LogP contribution in [0.4, 0.5) is 18.9 Å². The van der Waals surface area contributed by atoms with Crippen molar-refractivity contribution >= 4 is 31.8 Å². The van der Waals surface area contributed by atoms with Crippen LogP contribution in [0.2, 0.25) is 0 Å². The van der Waals surface area contributed by atoms with Crippen molar-refractivity contribution in [1.29, 1.82) is 0 Å². The molecule has 0 bridgehead atoms. The van der Waals surface area contributed by atoms with Crippen LogP contribution in [-0.4, -0.2) is 26.1 Å². The summed E-state index contributed by atoms with van der Waals surface area (Å²) in [5, 5.41) is 0. The molecule has 5 nitrogen and oxygen atoms in total. The van der Waals surface area contributed by atoms with Gasteiger partial charge in [-0.05, 0) is 35.0 Å². The summed E-state index contributed by atoms with van der Waals surface area (Å²) in [6.07, 6.45) is -4.61. The van der Waals surface area contributed by atoms with Crippen LogP contribution >= 0.6 is 15.9 Å². The Morgan fingerprint density at radius 3 is 2.50 bits per heavy atom. The zero-order chi connectivity index (χ0) is 14.0. The summed E-state index contributed by atoms with van der Waals surface area (Å²) in [4.78, 5) is 3.91.